The zero-order valence-corrected chi connectivity index (χ0v) is 19.4. The van der Waals surface area contributed by atoms with Crippen LogP contribution in [0.5, 0.6) is 0 Å². The van der Waals surface area contributed by atoms with Gasteiger partial charge in [0.2, 0.25) is 0 Å². The number of carbonyl (C=O) groups is 1. The average molecular weight is 489 g/mol. The minimum atomic E-state index is -3.18. The third kappa shape index (κ3) is 4.63. The molecule has 0 bridgehead atoms. The second-order valence-electron chi connectivity index (χ2n) is 7.39. The molecule has 0 fully saturated rings. The first kappa shape index (κ1) is 21.5. The second kappa shape index (κ2) is 9.60. The summed E-state index contributed by atoms with van der Waals surface area (Å²) < 4.78 is 15.9. The highest BCUT2D eigenvalue weighted by atomic mass is 79.9. The summed E-state index contributed by atoms with van der Waals surface area (Å²) in [6, 6.07) is 36.1. The molecule has 0 amide bonds. The van der Waals surface area contributed by atoms with E-state index in [9.17, 15) is 4.79 Å². The molecule has 2 nitrogen and oxygen atoms in total. The van der Waals surface area contributed by atoms with Crippen molar-refractivity contribution in [3.05, 3.63) is 131 Å². The molecule has 0 radical (unpaired) electrons. The molecule has 0 N–H and O–H groups in total. The van der Waals surface area contributed by atoms with Gasteiger partial charge in [-0.15, -0.1) is 0 Å². The third-order valence-electron chi connectivity index (χ3n) is 5.45. The molecule has 0 aliphatic heterocycles. The van der Waals surface area contributed by atoms with Gasteiger partial charge in [0, 0.05) is 27.1 Å². The summed E-state index contributed by atoms with van der Waals surface area (Å²) in [6.45, 7) is 0. The molecule has 0 aliphatic rings. The molecule has 0 saturated carbocycles. The lowest BCUT2D eigenvalue weighted by molar-refractivity contribution is 0.0981. The van der Waals surface area contributed by atoms with E-state index in [1.54, 1.807) is 0 Å². The van der Waals surface area contributed by atoms with E-state index in [2.05, 4.69) is 15.9 Å². The Morgan fingerprint density at radius 2 is 1.13 bits per heavy atom. The van der Waals surface area contributed by atoms with E-state index in [1.165, 1.54) is 0 Å². The van der Waals surface area contributed by atoms with E-state index < -0.39 is 12.8 Å². The van der Waals surface area contributed by atoms with Crippen molar-refractivity contribution in [2.75, 3.05) is 0 Å². The predicted molar refractivity (Wildman–Crippen MR) is 132 cm³/mol. The van der Waals surface area contributed by atoms with Crippen LogP contribution in [-0.4, -0.2) is 5.78 Å². The molecule has 4 aromatic carbocycles. The predicted octanol–water partition coefficient (Wildman–Crippen LogP) is 6.78. The van der Waals surface area contributed by atoms with Gasteiger partial charge in [-0.3, -0.25) is 4.79 Å². The molecule has 154 valence electrons. The highest BCUT2D eigenvalue weighted by Crippen LogP contribution is 2.59. The standard InChI is InChI=1S/C27H22BrO2P/c28-23-18-16-22(17-19-23)27(20-26(29)21-10-4-1-5-11-21)31(30,24-12-6-2-7-13-24)25-14-8-3-9-15-25/h1-19,27H,20H2/t27-/m0/s1. The van der Waals surface area contributed by atoms with Crippen molar-refractivity contribution in [2.24, 2.45) is 0 Å². The number of rotatable bonds is 7. The summed E-state index contributed by atoms with van der Waals surface area (Å²) in [4.78, 5) is 13.3. The van der Waals surface area contributed by atoms with Crippen LogP contribution in [0.2, 0.25) is 0 Å². The minimum Gasteiger partial charge on any atom is -0.313 e. The molecule has 4 aromatic rings. The maximum atomic E-state index is 15.0. The molecule has 0 unspecified atom stereocenters. The number of ketones is 1. The Labute approximate surface area is 191 Å². The van der Waals surface area contributed by atoms with Crippen LogP contribution >= 0.6 is 23.1 Å². The lowest BCUT2D eigenvalue weighted by Crippen LogP contribution is -2.23. The number of hydrogen-bond donors (Lipinski definition) is 0. The summed E-state index contributed by atoms with van der Waals surface area (Å²) in [6.07, 6.45) is 0.159. The van der Waals surface area contributed by atoms with Crippen LogP contribution in [0, 0.1) is 0 Å². The van der Waals surface area contributed by atoms with E-state index in [4.69, 9.17) is 0 Å². The van der Waals surface area contributed by atoms with Gasteiger partial charge in [0.1, 0.15) is 0 Å². The highest BCUT2D eigenvalue weighted by Gasteiger charge is 2.39. The molecule has 0 heterocycles. The lowest BCUT2D eigenvalue weighted by Gasteiger charge is -2.29. The van der Waals surface area contributed by atoms with Gasteiger partial charge in [-0.1, -0.05) is 119 Å². The molecule has 0 aromatic heterocycles. The monoisotopic (exact) mass is 488 g/mol. The van der Waals surface area contributed by atoms with E-state index in [0.29, 0.717) is 5.56 Å². The molecule has 0 saturated heterocycles. The highest BCUT2D eigenvalue weighted by molar-refractivity contribution is 9.10. The van der Waals surface area contributed by atoms with Gasteiger partial charge >= 0.3 is 0 Å². The van der Waals surface area contributed by atoms with Crippen molar-refractivity contribution >= 4 is 39.5 Å². The van der Waals surface area contributed by atoms with E-state index in [-0.39, 0.29) is 12.2 Å². The van der Waals surface area contributed by atoms with Crippen LogP contribution in [0.3, 0.4) is 0 Å². The van der Waals surface area contributed by atoms with Gasteiger partial charge in [-0.05, 0) is 17.7 Å². The van der Waals surface area contributed by atoms with Crippen LogP contribution in [0.15, 0.2) is 120 Å². The largest absolute Gasteiger partial charge is 0.313 e. The van der Waals surface area contributed by atoms with Crippen LogP contribution in [0.25, 0.3) is 0 Å². The minimum absolute atomic E-state index is 0.0133. The fourth-order valence-electron chi connectivity index (χ4n) is 3.87. The summed E-state index contributed by atoms with van der Waals surface area (Å²) in [5.74, 6) is -0.0133. The number of Topliss-reactive ketones (excluding diaryl/α,β-unsaturated/α-hetero) is 1. The molecule has 4 heteroatoms. The first-order valence-corrected chi connectivity index (χ1v) is 12.7. The first-order valence-electron chi connectivity index (χ1n) is 10.1. The van der Waals surface area contributed by atoms with Gasteiger partial charge in [0.05, 0.1) is 5.66 Å². The van der Waals surface area contributed by atoms with Gasteiger partial charge in [0.25, 0.3) is 0 Å². The Bertz CT molecular complexity index is 1150. The summed E-state index contributed by atoms with van der Waals surface area (Å²) >= 11 is 3.49. The molecule has 0 aliphatic carbocycles. The molecule has 1 atom stereocenters. The molecule has 0 spiro atoms. The second-order valence-corrected chi connectivity index (χ2v) is 11.3. The summed E-state index contributed by atoms with van der Waals surface area (Å²) in [7, 11) is -3.18. The average Bonchev–Trinajstić information content (AvgIpc) is 2.84. The number of hydrogen-bond acceptors (Lipinski definition) is 2. The number of carbonyl (C=O) groups excluding carboxylic acids is 1. The summed E-state index contributed by atoms with van der Waals surface area (Å²) in [5, 5.41) is 1.52. The Kier molecular flexibility index (Phi) is 6.65. The zero-order chi connectivity index (χ0) is 21.7. The van der Waals surface area contributed by atoms with Crippen molar-refractivity contribution in [3.63, 3.8) is 0 Å². The van der Waals surface area contributed by atoms with Crippen molar-refractivity contribution in [1.82, 2.24) is 0 Å². The SMILES string of the molecule is O=C(C[C@@H](c1ccc(Br)cc1)P(=O)(c1ccccc1)c1ccccc1)c1ccccc1. The van der Waals surface area contributed by atoms with Gasteiger partial charge in [-0.2, -0.15) is 0 Å². The Balaban J connectivity index is 1.89. The van der Waals surface area contributed by atoms with Gasteiger partial charge < -0.3 is 4.57 Å². The molecule has 4 rings (SSSR count). The Morgan fingerprint density at radius 3 is 1.61 bits per heavy atom. The smallest absolute Gasteiger partial charge is 0.163 e. The van der Waals surface area contributed by atoms with Crippen LogP contribution < -0.4 is 10.6 Å². The van der Waals surface area contributed by atoms with Crippen molar-refractivity contribution in [1.29, 1.82) is 0 Å². The van der Waals surface area contributed by atoms with Crippen LogP contribution in [0.1, 0.15) is 28.0 Å². The normalized spacial score (nSPS) is 12.3. The van der Waals surface area contributed by atoms with Gasteiger partial charge in [-0.25, -0.2) is 0 Å². The number of halogens is 1. The van der Waals surface area contributed by atoms with Crippen molar-refractivity contribution in [2.45, 2.75) is 12.1 Å². The molecular weight excluding hydrogens is 467 g/mol. The van der Waals surface area contributed by atoms with Gasteiger partial charge in [0.15, 0.2) is 12.9 Å². The van der Waals surface area contributed by atoms with Crippen LogP contribution in [-0.2, 0) is 4.57 Å². The quantitative estimate of drug-likeness (QED) is 0.212. The van der Waals surface area contributed by atoms with Crippen molar-refractivity contribution < 1.29 is 9.36 Å². The maximum absolute atomic E-state index is 15.0. The molecule has 31 heavy (non-hydrogen) atoms. The maximum Gasteiger partial charge on any atom is 0.163 e. The lowest BCUT2D eigenvalue weighted by atomic mass is 10.0. The third-order valence-corrected chi connectivity index (χ3v) is 9.47. The summed E-state index contributed by atoms with van der Waals surface area (Å²) in [5.41, 5.74) is 1.05. The van der Waals surface area contributed by atoms with Crippen molar-refractivity contribution in [3.8, 4) is 0 Å². The Morgan fingerprint density at radius 1 is 0.677 bits per heavy atom. The fraction of sp³-hybridized carbons (Fsp3) is 0.0741. The first-order chi connectivity index (χ1) is 15.1. The topological polar surface area (TPSA) is 34.1 Å². The number of benzene rings is 4. The zero-order valence-electron chi connectivity index (χ0n) is 16.9. The molecular formula is C27H22BrO2P. The van der Waals surface area contributed by atoms with Crippen LogP contribution in [0.4, 0.5) is 0 Å². The van der Waals surface area contributed by atoms with E-state index in [0.717, 1.165) is 20.6 Å². The van der Waals surface area contributed by atoms with E-state index in [1.807, 2.05) is 115 Å². The fourth-order valence-corrected chi connectivity index (χ4v) is 7.39. The van der Waals surface area contributed by atoms with E-state index >= 15 is 4.57 Å². The Hall–Kier alpha value is -2.74.